The number of ether oxygens (including phenoxy) is 1. The molecule has 0 radical (unpaired) electrons. The van der Waals surface area contributed by atoms with Crippen molar-refractivity contribution < 1.29 is 19.1 Å². The van der Waals surface area contributed by atoms with Gasteiger partial charge in [0.1, 0.15) is 10.6 Å². The zero-order valence-electron chi connectivity index (χ0n) is 14.4. The quantitative estimate of drug-likeness (QED) is 0.468. The summed E-state index contributed by atoms with van der Waals surface area (Å²) in [5.74, 6) is -0.131. The van der Waals surface area contributed by atoms with E-state index in [1.807, 2.05) is 5.38 Å². The summed E-state index contributed by atoms with van der Waals surface area (Å²) in [6.07, 6.45) is 2.55. The summed E-state index contributed by atoms with van der Waals surface area (Å²) >= 11 is 1.31. The molecule has 2 fully saturated rings. The molecular weight excluding hydrogens is 350 g/mol. The summed E-state index contributed by atoms with van der Waals surface area (Å²) in [7, 11) is 0. The van der Waals surface area contributed by atoms with Crippen LogP contribution in [0, 0.1) is 17.8 Å². The molecule has 2 aromatic rings. The molecule has 0 bridgehead atoms. The number of esters is 1. The highest BCUT2D eigenvalue weighted by molar-refractivity contribution is 7.12. The molecule has 1 saturated carbocycles. The van der Waals surface area contributed by atoms with E-state index in [9.17, 15) is 14.4 Å². The van der Waals surface area contributed by atoms with Crippen LogP contribution in [0.4, 0.5) is 5.69 Å². The topological polar surface area (TPSA) is 63.7 Å². The number of amides is 2. The largest absolute Gasteiger partial charge is 0.422 e. The van der Waals surface area contributed by atoms with Gasteiger partial charge in [0, 0.05) is 0 Å². The first-order chi connectivity index (χ1) is 12.5. The van der Waals surface area contributed by atoms with Gasteiger partial charge in [0.25, 0.3) is 0 Å². The maximum Gasteiger partial charge on any atom is 0.353 e. The third-order valence-electron chi connectivity index (χ3n) is 5.22. The number of rotatable bonds is 3. The van der Waals surface area contributed by atoms with Crippen molar-refractivity contribution in [2.75, 3.05) is 4.90 Å². The van der Waals surface area contributed by atoms with Crippen LogP contribution in [0.25, 0.3) is 0 Å². The maximum atomic E-state index is 12.7. The number of hydrogen-bond acceptors (Lipinski definition) is 5. The molecule has 3 atom stereocenters. The standard InChI is InChI=1S/C20H19NO4S/c1-12-4-9-15-16(11-12)19(23)21(18(15)22)13-5-7-14(8-6-13)25-20(24)17-3-2-10-26-17/h2-3,5-8,10,12,15-16H,4,9,11H2,1H3/t12-,15+,16+/m1/s1. The first-order valence-corrected chi connectivity index (χ1v) is 9.66. The third kappa shape index (κ3) is 2.94. The van der Waals surface area contributed by atoms with Crippen molar-refractivity contribution in [2.24, 2.45) is 17.8 Å². The zero-order valence-corrected chi connectivity index (χ0v) is 15.2. The van der Waals surface area contributed by atoms with Crippen molar-refractivity contribution in [3.05, 3.63) is 46.7 Å². The fourth-order valence-electron chi connectivity index (χ4n) is 3.86. The summed E-state index contributed by atoms with van der Waals surface area (Å²) in [5.41, 5.74) is 0.540. The van der Waals surface area contributed by atoms with Gasteiger partial charge in [0.2, 0.25) is 11.8 Å². The van der Waals surface area contributed by atoms with Crippen LogP contribution in [0.2, 0.25) is 0 Å². The number of carbonyl (C=O) groups excluding carboxylic acids is 3. The van der Waals surface area contributed by atoms with Gasteiger partial charge in [-0.1, -0.05) is 13.0 Å². The number of nitrogens with zero attached hydrogens (tertiary/aromatic N) is 1. The first kappa shape index (κ1) is 17.0. The van der Waals surface area contributed by atoms with E-state index in [0.29, 0.717) is 22.2 Å². The Kier molecular flexibility index (Phi) is 4.36. The fourth-order valence-corrected chi connectivity index (χ4v) is 4.46. The SMILES string of the molecule is C[C@@H]1CC[C@@H]2C(=O)N(c3ccc(OC(=O)c4cccs4)cc3)C(=O)[C@H]2C1. The van der Waals surface area contributed by atoms with Gasteiger partial charge >= 0.3 is 5.97 Å². The summed E-state index contributed by atoms with van der Waals surface area (Å²) < 4.78 is 5.32. The molecule has 1 saturated heterocycles. The second kappa shape index (κ2) is 6.68. The van der Waals surface area contributed by atoms with Crippen molar-refractivity contribution in [3.63, 3.8) is 0 Å². The number of thiophene rings is 1. The molecule has 2 aliphatic rings. The second-order valence-electron chi connectivity index (χ2n) is 7.00. The fraction of sp³-hybridized carbons (Fsp3) is 0.350. The van der Waals surface area contributed by atoms with Crippen LogP contribution < -0.4 is 9.64 Å². The molecule has 5 nitrogen and oxygen atoms in total. The van der Waals surface area contributed by atoms with E-state index < -0.39 is 5.97 Å². The first-order valence-electron chi connectivity index (χ1n) is 8.78. The Hall–Kier alpha value is -2.47. The van der Waals surface area contributed by atoms with Gasteiger partial charge in [0.15, 0.2) is 0 Å². The van der Waals surface area contributed by atoms with E-state index in [1.54, 1.807) is 36.4 Å². The molecule has 0 spiro atoms. The molecule has 1 aromatic carbocycles. The van der Waals surface area contributed by atoms with Crippen molar-refractivity contribution in [1.29, 1.82) is 0 Å². The van der Waals surface area contributed by atoms with Crippen LogP contribution in [0.1, 0.15) is 35.9 Å². The molecule has 0 N–H and O–H groups in total. The van der Waals surface area contributed by atoms with Gasteiger partial charge in [-0.25, -0.2) is 4.79 Å². The smallest absolute Gasteiger partial charge is 0.353 e. The monoisotopic (exact) mass is 369 g/mol. The number of carbonyl (C=O) groups is 3. The molecule has 4 rings (SSSR count). The zero-order chi connectivity index (χ0) is 18.3. The predicted molar refractivity (Wildman–Crippen MR) is 98.2 cm³/mol. The van der Waals surface area contributed by atoms with E-state index in [4.69, 9.17) is 4.74 Å². The minimum absolute atomic E-state index is 0.102. The Morgan fingerprint density at radius 2 is 1.81 bits per heavy atom. The van der Waals surface area contributed by atoms with Gasteiger partial charge in [-0.15, -0.1) is 11.3 Å². The average Bonchev–Trinajstić information content (AvgIpc) is 3.24. The van der Waals surface area contributed by atoms with Crippen LogP contribution in [0.3, 0.4) is 0 Å². The van der Waals surface area contributed by atoms with E-state index in [2.05, 4.69) is 6.92 Å². The molecule has 6 heteroatoms. The lowest BCUT2D eigenvalue weighted by atomic mass is 9.76. The Labute approximate surface area is 155 Å². The van der Waals surface area contributed by atoms with Crippen LogP contribution in [0.5, 0.6) is 5.75 Å². The van der Waals surface area contributed by atoms with Crippen LogP contribution in [0.15, 0.2) is 41.8 Å². The van der Waals surface area contributed by atoms with Gasteiger partial charge < -0.3 is 4.74 Å². The lowest BCUT2D eigenvalue weighted by Crippen LogP contribution is -2.30. The molecule has 1 aliphatic carbocycles. The molecule has 2 amide bonds. The highest BCUT2D eigenvalue weighted by Crippen LogP contribution is 2.42. The average molecular weight is 369 g/mol. The Morgan fingerprint density at radius 1 is 1.08 bits per heavy atom. The van der Waals surface area contributed by atoms with Crippen LogP contribution in [-0.4, -0.2) is 17.8 Å². The summed E-state index contributed by atoms with van der Waals surface area (Å²) in [4.78, 5) is 39.3. The third-order valence-corrected chi connectivity index (χ3v) is 6.07. The summed E-state index contributed by atoms with van der Waals surface area (Å²) in [5, 5.41) is 1.81. The number of fused-ring (bicyclic) bond motifs is 1. The lowest BCUT2D eigenvalue weighted by molar-refractivity contribution is -0.122. The number of hydrogen-bond donors (Lipinski definition) is 0. The molecular formula is C20H19NO4S. The van der Waals surface area contributed by atoms with E-state index in [-0.39, 0.29) is 23.7 Å². The molecule has 0 unspecified atom stereocenters. The van der Waals surface area contributed by atoms with Crippen LogP contribution >= 0.6 is 11.3 Å². The normalized spacial score (nSPS) is 25.3. The van der Waals surface area contributed by atoms with Crippen molar-refractivity contribution in [3.8, 4) is 5.75 Å². The molecule has 1 aromatic heterocycles. The summed E-state index contributed by atoms with van der Waals surface area (Å²) in [6, 6.07) is 10.0. The van der Waals surface area contributed by atoms with Crippen LogP contribution in [-0.2, 0) is 9.59 Å². The highest BCUT2D eigenvalue weighted by atomic mass is 32.1. The number of benzene rings is 1. The van der Waals surface area contributed by atoms with Gasteiger partial charge in [-0.2, -0.15) is 0 Å². The van der Waals surface area contributed by atoms with E-state index in [1.165, 1.54) is 16.2 Å². The van der Waals surface area contributed by atoms with Gasteiger partial charge in [0.05, 0.1) is 17.5 Å². The molecule has 134 valence electrons. The predicted octanol–water partition coefficient (Wildman–Crippen LogP) is 3.89. The molecule has 26 heavy (non-hydrogen) atoms. The minimum atomic E-state index is -0.416. The van der Waals surface area contributed by atoms with Gasteiger partial charge in [-0.05, 0) is 60.9 Å². The Bertz CT molecular complexity index is 843. The van der Waals surface area contributed by atoms with E-state index >= 15 is 0 Å². The number of imide groups is 1. The Morgan fingerprint density at radius 3 is 2.50 bits per heavy atom. The highest BCUT2D eigenvalue weighted by Gasteiger charge is 2.49. The van der Waals surface area contributed by atoms with Crippen molar-refractivity contribution in [2.45, 2.75) is 26.2 Å². The second-order valence-corrected chi connectivity index (χ2v) is 7.95. The minimum Gasteiger partial charge on any atom is -0.422 e. The number of anilines is 1. The van der Waals surface area contributed by atoms with Crippen molar-refractivity contribution >= 4 is 34.8 Å². The lowest BCUT2D eigenvalue weighted by Gasteiger charge is -2.25. The van der Waals surface area contributed by atoms with Gasteiger partial charge in [-0.3, -0.25) is 14.5 Å². The maximum absolute atomic E-state index is 12.7. The molecule has 2 heterocycles. The summed E-state index contributed by atoms with van der Waals surface area (Å²) in [6.45, 7) is 2.13. The molecule has 1 aliphatic heterocycles. The van der Waals surface area contributed by atoms with E-state index in [0.717, 1.165) is 19.3 Å². The van der Waals surface area contributed by atoms with Crippen molar-refractivity contribution in [1.82, 2.24) is 0 Å². The Balaban J connectivity index is 1.51.